The summed E-state index contributed by atoms with van der Waals surface area (Å²) in [5.41, 5.74) is 7.38. The largest absolute Gasteiger partial charge is 0.324 e. The Morgan fingerprint density at radius 3 is 2.67 bits per heavy atom. The highest BCUT2D eigenvalue weighted by atomic mass is 79.9. The molecule has 0 spiro atoms. The van der Waals surface area contributed by atoms with Gasteiger partial charge in [0, 0.05) is 17.8 Å². The monoisotopic (exact) mass is 290 g/mol. The molecule has 0 saturated heterocycles. The summed E-state index contributed by atoms with van der Waals surface area (Å²) in [4.78, 5) is 4.21. The molecule has 0 bridgehead atoms. The minimum Gasteiger partial charge on any atom is -0.324 e. The van der Waals surface area contributed by atoms with Crippen LogP contribution in [0.1, 0.15) is 37.3 Å². The van der Waals surface area contributed by atoms with Crippen molar-refractivity contribution in [1.82, 2.24) is 4.98 Å². The Balaban J connectivity index is 0.00000112. The van der Waals surface area contributed by atoms with E-state index in [0.717, 1.165) is 10.2 Å². The van der Waals surface area contributed by atoms with Gasteiger partial charge >= 0.3 is 0 Å². The van der Waals surface area contributed by atoms with E-state index in [0.29, 0.717) is 5.92 Å². The minimum absolute atomic E-state index is 0. The van der Waals surface area contributed by atoms with E-state index in [1.165, 1.54) is 25.7 Å². The fraction of sp³-hybridized carbons (Fsp3) is 0.545. The van der Waals surface area contributed by atoms with Gasteiger partial charge in [-0.25, -0.2) is 4.98 Å². The lowest BCUT2D eigenvalue weighted by atomic mass is 9.94. The molecule has 1 aromatic rings. The van der Waals surface area contributed by atoms with Crippen LogP contribution in [0.15, 0.2) is 22.9 Å². The standard InChI is InChI=1S/C11H15BrN2.ClH/c12-11-9(6-3-7-14-11)10(13)8-4-1-2-5-8;/h3,6-8,10H,1-2,4-5,13H2;1H/t10-;/m0./s1. The molecule has 0 radical (unpaired) electrons. The molecule has 2 nitrogen and oxygen atoms in total. The molecule has 84 valence electrons. The lowest BCUT2D eigenvalue weighted by molar-refractivity contribution is 0.442. The van der Waals surface area contributed by atoms with Crippen LogP contribution in [-0.4, -0.2) is 4.98 Å². The summed E-state index contributed by atoms with van der Waals surface area (Å²) in [6.07, 6.45) is 6.98. The van der Waals surface area contributed by atoms with Crippen LogP contribution in [-0.2, 0) is 0 Å². The van der Waals surface area contributed by atoms with E-state index in [-0.39, 0.29) is 18.4 Å². The van der Waals surface area contributed by atoms with Crippen LogP contribution in [0.2, 0.25) is 0 Å². The first kappa shape index (κ1) is 12.9. The number of halogens is 2. The van der Waals surface area contributed by atoms with Gasteiger partial charge in [0.2, 0.25) is 0 Å². The number of pyridine rings is 1. The zero-order valence-electron chi connectivity index (χ0n) is 8.53. The van der Waals surface area contributed by atoms with Crippen molar-refractivity contribution >= 4 is 28.3 Å². The van der Waals surface area contributed by atoms with E-state index >= 15 is 0 Å². The number of nitrogens with zero attached hydrogens (tertiary/aromatic N) is 1. The molecule has 15 heavy (non-hydrogen) atoms. The summed E-state index contributed by atoms with van der Waals surface area (Å²) >= 11 is 3.45. The molecule has 0 aliphatic heterocycles. The molecule has 4 heteroatoms. The predicted octanol–water partition coefficient (Wildman–Crippen LogP) is 3.46. The Morgan fingerprint density at radius 2 is 2.07 bits per heavy atom. The fourth-order valence-corrected chi connectivity index (χ4v) is 2.73. The van der Waals surface area contributed by atoms with Gasteiger partial charge in [-0.1, -0.05) is 18.9 Å². The third-order valence-corrected chi connectivity index (χ3v) is 3.72. The molecular formula is C11H16BrClN2. The van der Waals surface area contributed by atoms with Crippen molar-refractivity contribution in [2.75, 3.05) is 0 Å². The van der Waals surface area contributed by atoms with E-state index < -0.39 is 0 Å². The Bertz CT molecular complexity index is 313. The van der Waals surface area contributed by atoms with E-state index in [2.05, 4.69) is 27.0 Å². The van der Waals surface area contributed by atoms with Crippen molar-refractivity contribution in [2.45, 2.75) is 31.7 Å². The molecule has 2 N–H and O–H groups in total. The van der Waals surface area contributed by atoms with Gasteiger partial charge in [-0.2, -0.15) is 0 Å². The maximum Gasteiger partial charge on any atom is 0.110 e. The van der Waals surface area contributed by atoms with Crippen LogP contribution < -0.4 is 5.73 Å². The third-order valence-electron chi connectivity index (χ3n) is 3.05. The minimum atomic E-state index is 0. The summed E-state index contributed by atoms with van der Waals surface area (Å²) in [7, 11) is 0. The number of hydrogen-bond donors (Lipinski definition) is 1. The highest BCUT2D eigenvalue weighted by Crippen LogP contribution is 2.35. The first-order valence-corrected chi connectivity index (χ1v) is 5.94. The van der Waals surface area contributed by atoms with Crippen molar-refractivity contribution in [3.8, 4) is 0 Å². The molecular weight excluding hydrogens is 275 g/mol. The van der Waals surface area contributed by atoms with Crippen LogP contribution in [0.3, 0.4) is 0 Å². The molecule has 2 rings (SSSR count). The predicted molar refractivity (Wildman–Crippen MR) is 68.1 cm³/mol. The second-order valence-electron chi connectivity index (χ2n) is 3.95. The number of rotatable bonds is 2. The van der Waals surface area contributed by atoms with Crippen LogP contribution >= 0.6 is 28.3 Å². The molecule has 1 heterocycles. The molecule has 0 aromatic carbocycles. The smallest absolute Gasteiger partial charge is 0.110 e. The van der Waals surface area contributed by atoms with Crippen molar-refractivity contribution < 1.29 is 0 Å². The molecule has 1 aliphatic carbocycles. The van der Waals surface area contributed by atoms with E-state index in [1.54, 1.807) is 6.20 Å². The van der Waals surface area contributed by atoms with Gasteiger partial charge in [-0.15, -0.1) is 12.4 Å². The zero-order chi connectivity index (χ0) is 9.97. The van der Waals surface area contributed by atoms with Gasteiger partial charge in [0.1, 0.15) is 4.60 Å². The maximum atomic E-state index is 6.23. The van der Waals surface area contributed by atoms with Crippen molar-refractivity contribution in [2.24, 2.45) is 11.7 Å². The van der Waals surface area contributed by atoms with E-state index in [1.807, 2.05) is 6.07 Å². The quantitative estimate of drug-likeness (QED) is 0.848. The zero-order valence-corrected chi connectivity index (χ0v) is 10.9. The molecule has 0 unspecified atom stereocenters. The van der Waals surface area contributed by atoms with Crippen LogP contribution in [0.5, 0.6) is 0 Å². The lowest BCUT2D eigenvalue weighted by Gasteiger charge is -2.19. The average Bonchev–Trinajstić information content (AvgIpc) is 2.70. The summed E-state index contributed by atoms with van der Waals surface area (Å²) in [6.45, 7) is 0. The number of nitrogens with two attached hydrogens (primary N) is 1. The Morgan fingerprint density at radius 1 is 1.40 bits per heavy atom. The highest BCUT2D eigenvalue weighted by molar-refractivity contribution is 9.10. The third kappa shape index (κ3) is 2.92. The lowest BCUT2D eigenvalue weighted by Crippen LogP contribution is -2.19. The van der Waals surface area contributed by atoms with Gasteiger partial charge in [0.25, 0.3) is 0 Å². The molecule has 1 atom stereocenters. The first-order valence-electron chi connectivity index (χ1n) is 5.15. The van der Waals surface area contributed by atoms with Crippen LogP contribution in [0.25, 0.3) is 0 Å². The van der Waals surface area contributed by atoms with Crippen molar-refractivity contribution in [1.29, 1.82) is 0 Å². The van der Waals surface area contributed by atoms with Crippen molar-refractivity contribution in [3.05, 3.63) is 28.5 Å². The second kappa shape index (κ2) is 5.83. The highest BCUT2D eigenvalue weighted by Gasteiger charge is 2.24. The first-order chi connectivity index (χ1) is 6.79. The maximum absolute atomic E-state index is 6.23. The second-order valence-corrected chi connectivity index (χ2v) is 4.70. The van der Waals surface area contributed by atoms with Crippen LogP contribution in [0, 0.1) is 5.92 Å². The van der Waals surface area contributed by atoms with Crippen LogP contribution in [0.4, 0.5) is 0 Å². The average molecular weight is 292 g/mol. The van der Waals surface area contributed by atoms with E-state index in [9.17, 15) is 0 Å². The van der Waals surface area contributed by atoms with Gasteiger partial charge in [-0.05, 0) is 40.8 Å². The molecule has 1 fully saturated rings. The molecule has 1 aromatic heterocycles. The summed E-state index contributed by atoms with van der Waals surface area (Å²) in [5.74, 6) is 0.649. The van der Waals surface area contributed by atoms with Gasteiger partial charge in [0.15, 0.2) is 0 Å². The summed E-state index contributed by atoms with van der Waals surface area (Å²) < 4.78 is 0.902. The Kier molecular flexibility index (Phi) is 5.03. The van der Waals surface area contributed by atoms with Gasteiger partial charge in [-0.3, -0.25) is 0 Å². The normalized spacial score (nSPS) is 18.5. The fourth-order valence-electron chi connectivity index (χ4n) is 2.22. The van der Waals surface area contributed by atoms with E-state index in [4.69, 9.17) is 5.73 Å². The molecule has 0 amide bonds. The summed E-state index contributed by atoms with van der Waals surface area (Å²) in [6, 6.07) is 4.18. The topological polar surface area (TPSA) is 38.9 Å². The Labute approximate surface area is 105 Å². The Hall–Kier alpha value is -0.120. The SMILES string of the molecule is Cl.N[C@H](c1cccnc1Br)C1CCCC1. The summed E-state index contributed by atoms with van der Waals surface area (Å²) in [5, 5.41) is 0. The molecule has 1 saturated carbocycles. The molecule has 1 aliphatic rings. The number of aromatic nitrogens is 1. The van der Waals surface area contributed by atoms with Gasteiger partial charge < -0.3 is 5.73 Å². The van der Waals surface area contributed by atoms with Gasteiger partial charge in [0.05, 0.1) is 0 Å². The number of hydrogen-bond acceptors (Lipinski definition) is 2. The van der Waals surface area contributed by atoms with Crippen molar-refractivity contribution in [3.63, 3.8) is 0 Å².